The molecule has 2 N–H and O–H groups in total. The van der Waals surface area contributed by atoms with Gasteiger partial charge in [-0.05, 0) is 50.3 Å². The highest BCUT2D eigenvalue weighted by atomic mass is 15.3. The molecule has 1 aliphatic rings. The molecule has 0 saturated carbocycles. The van der Waals surface area contributed by atoms with Crippen molar-refractivity contribution in [2.45, 2.75) is 44.6 Å². The van der Waals surface area contributed by atoms with Crippen LogP contribution in [0.3, 0.4) is 0 Å². The molecule has 2 heterocycles. The Bertz CT molecular complexity index is 668. The lowest BCUT2D eigenvalue weighted by molar-refractivity contribution is 0.499. The Labute approximate surface area is 130 Å². The first-order valence-electron chi connectivity index (χ1n) is 7.92. The molecule has 0 spiro atoms. The molecule has 0 bridgehead atoms. The summed E-state index contributed by atoms with van der Waals surface area (Å²) >= 11 is 0. The monoisotopic (exact) mass is 295 g/mol. The lowest BCUT2D eigenvalue weighted by atomic mass is 9.82. The zero-order chi connectivity index (χ0) is 15.4. The Kier molecular flexibility index (Phi) is 4.50. The molecule has 0 fully saturated rings. The third kappa shape index (κ3) is 2.75. The predicted molar refractivity (Wildman–Crippen MR) is 85.0 cm³/mol. The largest absolute Gasteiger partial charge is 0.330 e. The molecule has 1 aliphatic carbocycles. The zero-order valence-corrected chi connectivity index (χ0v) is 12.7. The van der Waals surface area contributed by atoms with E-state index in [9.17, 15) is 0 Å². The topological polar surface area (TPSA) is 80.5 Å². The van der Waals surface area contributed by atoms with Crippen molar-refractivity contribution >= 4 is 0 Å². The second kappa shape index (κ2) is 6.71. The summed E-state index contributed by atoms with van der Waals surface area (Å²) in [6.45, 7) is 1.36. The minimum absolute atomic E-state index is 0.472. The van der Waals surface area contributed by atoms with Gasteiger partial charge in [0.25, 0.3) is 0 Å². The maximum atomic E-state index is 8.87. The summed E-state index contributed by atoms with van der Waals surface area (Å²) in [7, 11) is 0. The number of hydrogen-bond acceptors (Lipinski definition) is 4. The fraction of sp³-hybridized carbons (Fsp3) is 0.471. The highest BCUT2D eigenvalue weighted by Gasteiger charge is 2.28. The number of aryl methyl sites for hydroxylation is 1. The van der Waals surface area contributed by atoms with Crippen LogP contribution in [-0.2, 0) is 13.0 Å². The van der Waals surface area contributed by atoms with Crippen LogP contribution in [0, 0.1) is 11.3 Å². The van der Waals surface area contributed by atoms with E-state index in [2.05, 4.69) is 17.1 Å². The highest BCUT2D eigenvalue weighted by Crippen LogP contribution is 2.39. The number of fused-ring (bicyclic) bond motifs is 1. The number of nitrogens with two attached hydrogens (primary N) is 1. The summed E-state index contributed by atoms with van der Waals surface area (Å²) in [4.78, 5) is 4.23. The minimum Gasteiger partial charge on any atom is -0.330 e. The SMILES string of the molecule is N#CCCn1nc(-c2cccnc2)c2c1CCCC2CCN. The van der Waals surface area contributed by atoms with E-state index < -0.39 is 0 Å². The number of hydrogen-bond donors (Lipinski definition) is 1. The normalized spacial score (nSPS) is 17.0. The van der Waals surface area contributed by atoms with Crippen LogP contribution < -0.4 is 5.73 Å². The van der Waals surface area contributed by atoms with Crippen molar-refractivity contribution in [2.75, 3.05) is 6.54 Å². The Morgan fingerprint density at radius 1 is 1.45 bits per heavy atom. The van der Waals surface area contributed by atoms with Crippen molar-refractivity contribution in [3.05, 3.63) is 35.8 Å². The maximum absolute atomic E-state index is 8.87. The quantitative estimate of drug-likeness (QED) is 0.919. The van der Waals surface area contributed by atoms with E-state index in [0.29, 0.717) is 25.4 Å². The molecule has 3 rings (SSSR count). The van der Waals surface area contributed by atoms with Gasteiger partial charge in [0, 0.05) is 29.2 Å². The molecule has 22 heavy (non-hydrogen) atoms. The first-order valence-corrected chi connectivity index (χ1v) is 7.92. The molecular formula is C17H21N5. The van der Waals surface area contributed by atoms with Gasteiger partial charge in [-0.2, -0.15) is 10.4 Å². The predicted octanol–water partition coefficient (Wildman–Crippen LogP) is 2.63. The summed E-state index contributed by atoms with van der Waals surface area (Å²) in [5.41, 5.74) is 10.5. The number of aromatic nitrogens is 3. The minimum atomic E-state index is 0.472. The van der Waals surface area contributed by atoms with Crippen LogP contribution in [0.2, 0.25) is 0 Å². The van der Waals surface area contributed by atoms with Crippen LogP contribution >= 0.6 is 0 Å². The number of pyridine rings is 1. The van der Waals surface area contributed by atoms with E-state index in [4.69, 9.17) is 16.1 Å². The van der Waals surface area contributed by atoms with Crippen molar-refractivity contribution in [1.29, 1.82) is 5.26 Å². The summed E-state index contributed by atoms with van der Waals surface area (Å²) in [6.07, 6.45) is 8.50. The van der Waals surface area contributed by atoms with E-state index in [-0.39, 0.29) is 0 Å². The van der Waals surface area contributed by atoms with E-state index in [1.165, 1.54) is 24.1 Å². The van der Waals surface area contributed by atoms with Gasteiger partial charge in [0.2, 0.25) is 0 Å². The van der Waals surface area contributed by atoms with Gasteiger partial charge >= 0.3 is 0 Å². The Morgan fingerprint density at radius 2 is 2.36 bits per heavy atom. The van der Waals surface area contributed by atoms with E-state index in [0.717, 1.165) is 24.1 Å². The van der Waals surface area contributed by atoms with E-state index in [1.807, 2.05) is 16.9 Å². The van der Waals surface area contributed by atoms with Crippen LogP contribution in [-0.4, -0.2) is 21.3 Å². The Balaban J connectivity index is 2.08. The van der Waals surface area contributed by atoms with Gasteiger partial charge in [-0.3, -0.25) is 9.67 Å². The van der Waals surface area contributed by atoms with Crippen LogP contribution in [0.5, 0.6) is 0 Å². The molecule has 0 saturated heterocycles. The third-order valence-electron chi connectivity index (χ3n) is 4.36. The first-order chi connectivity index (χ1) is 10.8. The number of nitriles is 1. The Hall–Kier alpha value is -2.19. The molecule has 114 valence electrons. The average molecular weight is 295 g/mol. The van der Waals surface area contributed by atoms with Gasteiger partial charge < -0.3 is 5.73 Å². The number of rotatable bonds is 5. The zero-order valence-electron chi connectivity index (χ0n) is 12.7. The summed E-state index contributed by atoms with van der Waals surface area (Å²) in [5.74, 6) is 0.472. The summed E-state index contributed by atoms with van der Waals surface area (Å²) in [5, 5.41) is 13.7. The standard InChI is InChI=1S/C17H21N5/c18-8-3-11-22-15-6-1-4-13(7-9-19)16(15)17(21-22)14-5-2-10-20-12-14/h2,5,10,12-13H,1,3-4,6-7,9,11,19H2. The van der Waals surface area contributed by atoms with Gasteiger partial charge in [-0.25, -0.2) is 0 Å². The maximum Gasteiger partial charge on any atom is 0.0976 e. The van der Waals surface area contributed by atoms with Crippen molar-refractivity contribution < 1.29 is 0 Å². The highest BCUT2D eigenvalue weighted by molar-refractivity contribution is 5.64. The van der Waals surface area contributed by atoms with Crippen molar-refractivity contribution in [3.63, 3.8) is 0 Å². The molecule has 5 nitrogen and oxygen atoms in total. The van der Waals surface area contributed by atoms with Crippen molar-refractivity contribution in [2.24, 2.45) is 5.73 Å². The third-order valence-corrected chi connectivity index (χ3v) is 4.36. The molecule has 0 radical (unpaired) electrons. The molecule has 2 aromatic heterocycles. The molecule has 1 atom stereocenters. The van der Waals surface area contributed by atoms with E-state index in [1.54, 1.807) is 6.20 Å². The summed E-state index contributed by atoms with van der Waals surface area (Å²) in [6, 6.07) is 6.21. The van der Waals surface area contributed by atoms with E-state index >= 15 is 0 Å². The Morgan fingerprint density at radius 3 is 3.09 bits per heavy atom. The van der Waals surface area contributed by atoms with Crippen LogP contribution in [0.25, 0.3) is 11.3 Å². The smallest absolute Gasteiger partial charge is 0.0976 e. The first kappa shape index (κ1) is 14.7. The molecular weight excluding hydrogens is 274 g/mol. The lowest BCUT2D eigenvalue weighted by Gasteiger charge is -2.23. The molecule has 2 aromatic rings. The van der Waals surface area contributed by atoms with Gasteiger partial charge in [-0.1, -0.05) is 0 Å². The fourth-order valence-electron chi connectivity index (χ4n) is 3.41. The average Bonchev–Trinajstić information content (AvgIpc) is 2.94. The lowest BCUT2D eigenvalue weighted by Crippen LogP contribution is -2.16. The van der Waals surface area contributed by atoms with Gasteiger partial charge in [0.15, 0.2) is 0 Å². The molecule has 0 aromatic carbocycles. The van der Waals surface area contributed by atoms with Gasteiger partial charge in [0.1, 0.15) is 0 Å². The molecule has 5 heteroatoms. The number of nitrogens with zero attached hydrogens (tertiary/aromatic N) is 4. The second-order valence-electron chi connectivity index (χ2n) is 5.75. The molecule has 1 unspecified atom stereocenters. The second-order valence-corrected chi connectivity index (χ2v) is 5.75. The summed E-state index contributed by atoms with van der Waals surface area (Å²) < 4.78 is 2.03. The van der Waals surface area contributed by atoms with Crippen molar-refractivity contribution in [1.82, 2.24) is 14.8 Å². The fourth-order valence-corrected chi connectivity index (χ4v) is 3.41. The van der Waals surface area contributed by atoms with Crippen molar-refractivity contribution in [3.8, 4) is 17.3 Å². The molecule has 0 aliphatic heterocycles. The molecule has 0 amide bonds. The van der Waals surface area contributed by atoms with Crippen LogP contribution in [0.4, 0.5) is 0 Å². The van der Waals surface area contributed by atoms with Crippen LogP contribution in [0.1, 0.15) is 42.9 Å². The van der Waals surface area contributed by atoms with Gasteiger partial charge in [0.05, 0.1) is 24.7 Å². The van der Waals surface area contributed by atoms with Gasteiger partial charge in [-0.15, -0.1) is 0 Å². The van der Waals surface area contributed by atoms with Crippen LogP contribution in [0.15, 0.2) is 24.5 Å².